The van der Waals surface area contributed by atoms with Gasteiger partial charge in [-0.2, -0.15) is 5.26 Å². The van der Waals surface area contributed by atoms with E-state index in [1.807, 2.05) is 0 Å². The second-order valence-electron chi connectivity index (χ2n) is 8.38. The molecule has 32 heavy (non-hydrogen) atoms. The predicted octanol–water partition coefficient (Wildman–Crippen LogP) is 3.38. The van der Waals surface area contributed by atoms with Crippen LogP contribution in [0, 0.1) is 29.1 Å². The summed E-state index contributed by atoms with van der Waals surface area (Å²) in [5.74, 6) is 0.522. The van der Waals surface area contributed by atoms with Crippen LogP contribution in [0.1, 0.15) is 41.6 Å². The summed E-state index contributed by atoms with van der Waals surface area (Å²) in [6.07, 6.45) is 5.44. The van der Waals surface area contributed by atoms with E-state index in [1.165, 1.54) is 0 Å². The van der Waals surface area contributed by atoms with Gasteiger partial charge >= 0.3 is 5.97 Å². The molecule has 0 radical (unpaired) electrons. The molecule has 2 bridgehead atoms. The summed E-state index contributed by atoms with van der Waals surface area (Å²) in [4.78, 5) is 27.9. The van der Waals surface area contributed by atoms with Crippen molar-refractivity contribution >= 4 is 11.9 Å². The van der Waals surface area contributed by atoms with E-state index >= 15 is 0 Å². The molecule has 4 unspecified atom stereocenters. The summed E-state index contributed by atoms with van der Waals surface area (Å²) in [7, 11) is 0. The standard InChI is InChI=1S/C24H25N3O5/c25-12-15-3-1-4-19(9-15)32-24-20(5-2-8-26-24)23(30)27-13-18-10-17-7-6-16(18)11-21(17)31-14-22(28)29/h1-5,8-9,16-18,21H,6-7,10-11,13-14H2,(H,27,30)(H,28,29). The fourth-order valence-corrected chi connectivity index (χ4v) is 4.84. The van der Waals surface area contributed by atoms with E-state index in [-0.39, 0.29) is 24.5 Å². The van der Waals surface area contributed by atoms with Crippen LogP contribution in [0.4, 0.5) is 0 Å². The first-order valence-corrected chi connectivity index (χ1v) is 10.8. The molecule has 1 heterocycles. The first-order chi connectivity index (χ1) is 15.5. The van der Waals surface area contributed by atoms with Crippen LogP contribution in [0.2, 0.25) is 0 Å². The third kappa shape index (κ3) is 5.06. The largest absolute Gasteiger partial charge is 0.480 e. The van der Waals surface area contributed by atoms with Crippen LogP contribution in [-0.2, 0) is 9.53 Å². The van der Waals surface area contributed by atoms with E-state index in [2.05, 4.69) is 16.4 Å². The third-order valence-electron chi connectivity index (χ3n) is 6.38. The van der Waals surface area contributed by atoms with Crippen LogP contribution in [0.5, 0.6) is 11.6 Å². The smallest absolute Gasteiger partial charge is 0.329 e. The lowest BCUT2D eigenvalue weighted by molar-refractivity contribution is -0.150. The molecule has 8 nitrogen and oxygen atoms in total. The molecule has 166 valence electrons. The lowest BCUT2D eigenvalue weighted by Crippen LogP contribution is -2.46. The molecule has 8 heteroatoms. The highest BCUT2D eigenvalue weighted by molar-refractivity contribution is 5.96. The van der Waals surface area contributed by atoms with Crippen molar-refractivity contribution in [2.24, 2.45) is 17.8 Å². The Morgan fingerprint density at radius 1 is 1.19 bits per heavy atom. The number of carboxylic acids is 1. The van der Waals surface area contributed by atoms with Gasteiger partial charge in [-0.1, -0.05) is 6.07 Å². The Bertz CT molecular complexity index is 1030. The molecule has 0 spiro atoms. The minimum absolute atomic E-state index is 0.000647. The molecular formula is C24H25N3O5. The molecule has 2 N–H and O–H groups in total. The number of nitriles is 1. The second-order valence-corrected chi connectivity index (χ2v) is 8.38. The number of carbonyl (C=O) groups excluding carboxylic acids is 1. The molecule has 5 rings (SSSR count). The van der Waals surface area contributed by atoms with E-state index in [9.17, 15) is 9.59 Å². The van der Waals surface area contributed by atoms with Crippen molar-refractivity contribution in [1.29, 1.82) is 5.26 Å². The molecule has 4 atom stereocenters. The number of aliphatic carboxylic acids is 1. The zero-order valence-corrected chi connectivity index (χ0v) is 17.6. The number of benzene rings is 1. The number of hydrogen-bond donors (Lipinski definition) is 2. The summed E-state index contributed by atoms with van der Waals surface area (Å²) < 4.78 is 11.4. The molecule has 1 aromatic carbocycles. The monoisotopic (exact) mass is 435 g/mol. The quantitative estimate of drug-likeness (QED) is 0.652. The van der Waals surface area contributed by atoms with Gasteiger partial charge in [0, 0.05) is 12.7 Å². The number of pyridine rings is 1. The summed E-state index contributed by atoms with van der Waals surface area (Å²) >= 11 is 0. The maximum Gasteiger partial charge on any atom is 0.329 e. The van der Waals surface area contributed by atoms with Gasteiger partial charge in [-0.15, -0.1) is 0 Å². The summed E-state index contributed by atoms with van der Waals surface area (Å²) in [5, 5.41) is 20.9. The highest BCUT2D eigenvalue weighted by atomic mass is 16.5. The number of carboxylic acid groups (broad SMARTS) is 1. The van der Waals surface area contributed by atoms with Gasteiger partial charge in [-0.25, -0.2) is 9.78 Å². The van der Waals surface area contributed by atoms with Crippen molar-refractivity contribution in [2.45, 2.75) is 31.8 Å². The van der Waals surface area contributed by atoms with Crippen molar-refractivity contribution in [1.82, 2.24) is 10.3 Å². The highest BCUT2D eigenvalue weighted by Crippen LogP contribution is 2.46. The molecule has 2 aromatic rings. The Hall–Kier alpha value is -3.44. The van der Waals surface area contributed by atoms with Crippen molar-refractivity contribution in [3.8, 4) is 17.7 Å². The van der Waals surface area contributed by atoms with Gasteiger partial charge in [0.25, 0.3) is 5.91 Å². The number of rotatable bonds is 8. The Kier molecular flexibility index (Phi) is 6.66. The number of nitrogens with zero attached hydrogens (tertiary/aromatic N) is 2. The number of amides is 1. The van der Waals surface area contributed by atoms with Gasteiger partial charge in [0.05, 0.1) is 17.7 Å². The van der Waals surface area contributed by atoms with Crippen LogP contribution < -0.4 is 10.1 Å². The molecule has 1 aromatic heterocycles. The van der Waals surface area contributed by atoms with E-state index in [1.54, 1.807) is 42.6 Å². The predicted molar refractivity (Wildman–Crippen MR) is 114 cm³/mol. The van der Waals surface area contributed by atoms with Crippen LogP contribution in [-0.4, -0.2) is 41.2 Å². The first-order valence-electron chi connectivity index (χ1n) is 10.8. The van der Waals surface area contributed by atoms with Gasteiger partial charge in [0.1, 0.15) is 17.9 Å². The van der Waals surface area contributed by atoms with Crippen LogP contribution in [0.25, 0.3) is 0 Å². The van der Waals surface area contributed by atoms with Gasteiger partial charge < -0.3 is 19.9 Å². The maximum absolute atomic E-state index is 12.9. The number of fused-ring (bicyclic) bond motifs is 3. The Morgan fingerprint density at radius 3 is 2.78 bits per heavy atom. The average molecular weight is 435 g/mol. The molecular weight excluding hydrogens is 410 g/mol. The minimum Gasteiger partial charge on any atom is -0.480 e. The van der Waals surface area contributed by atoms with E-state index in [4.69, 9.17) is 19.8 Å². The van der Waals surface area contributed by atoms with Crippen molar-refractivity contribution in [2.75, 3.05) is 13.2 Å². The van der Waals surface area contributed by atoms with Gasteiger partial charge in [-0.05, 0) is 73.8 Å². The topological polar surface area (TPSA) is 122 Å². The molecule has 3 aliphatic carbocycles. The number of aromatic nitrogens is 1. The van der Waals surface area contributed by atoms with Gasteiger partial charge in [0.15, 0.2) is 0 Å². The molecule has 0 aliphatic heterocycles. The molecule has 3 fully saturated rings. The van der Waals surface area contributed by atoms with Crippen LogP contribution >= 0.6 is 0 Å². The molecule has 3 saturated carbocycles. The number of ether oxygens (including phenoxy) is 2. The normalized spacial score (nSPS) is 23.8. The summed E-state index contributed by atoms with van der Waals surface area (Å²) in [5.41, 5.74) is 0.793. The molecule has 3 aliphatic rings. The van der Waals surface area contributed by atoms with E-state index < -0.39 is 5.97 Å². The summed E-state index contributed by atoms with van der Waals surface area (Å²) in [6, 6.07) is 12.1. The lowest BCUT2D eigenvalue weighted by Gasteiger charge is -2.47. The number of carbonyl (C=O) groups is 2. The summed E-state index contributed by atoms with van der Waals surface area (Å²) in [6.45, 7) is 0.292. The first kappa shape index (κ1) is 21.8. The average Bonchev–Trinajstić information content (AvgIpc) is 2.82. The van der Waals surface area contributed by atoms with E-state index in [0.29, 0.717) is 41.2 Å². The Labute approximate surface area is 186 Å². The van der Waals surface area contributed by atoms with Gasteiger partial charge in [0.2, 0.25) is 5.88 Å². The van der Waals surface area contributed by atoms with Crippen molar-refractivity contribution in [3.63, 3.8) is 0 Å². The minimum atomic E-state index is -0.941. The Balaban J connectivity index is 1.36. The second kappa shape index (κ2) is 9.79. The zero-order valence-electron chi connectivity index (χ0n) is 17.6. The fourth-order valence-electron chi connectivity index (χ4n) is 4.84. The lowest BCUT2D eigenvalue weighted by atomic mass is 9.63. The highest BCUT2D eigenvalue weighted by Gasteiger charge is 2.42. The van der Waals surface area contributed by atoms with Crippen LogP contribution in [0.15, 0.2) is 42.6 Å². The molecule has 0 saturated heterocycles. The zero-order chi connectivity index (χ0) is 22.5. The number of hydrogen-bond acceptors (Lipinski definition) is 6. The van der Waals surface area contributed by atoms with Crippen LogP contribution in [0.3, 0.4) is 0 Å². The fraction of sp³-hybridized carbons (Fsp3) is 0.417. The van der Waals surface area contributed by atoms with E-state index in [0.717, 1.165) is 25.7 Å². The van der Waals surface area contributed by atoms with Gasteiger partial charge in [-0.3, -0.25) is 4.79 Å². The van der Waals surface area contributed by atoms with Crippen molar-refractivity contribution < 1.29 is 24.2 Å². The maximum atomic E-state index is 12.9. The third-order valence-corrected chi connectivity index (χ3v) is 6.38. The Morgan fingerprint density at radius 2 is 2.03 bits per heavy atom. The number of nitrogens with one attached hydrogen (secondary N) is 1. The molecule has 1 amide bonds. The van der Waals surface area contributed by atoms with Crippen molar-refractivity contribution in [3.05, 3.63) is 53.7 Å². The SMILES string of the molecule is N#Cc1cccc(Oc2ncccc2C(=O)NCC2CC3CCC2CC3OCC(=O)O)c1.